The molecule has 3 nitrogen and oxygen atoms in total. The zero-order valence-corrected chi connectivity index (χ0v) is 9.99. The lowest BCUT2D eigenvalue weighted by atomic mass is 9.97. The molecule has 0 aromatic heterocycles. The summed E-state index contributed by atoms with van der Waals surface area (Å²) in [5.74, 6) is 0.885. The smallest absolute Gasteiger partial charge is 0.0105 e. The van der Waals surface area contributed by atoms with Gasteiger partial charge in [0.25, 0.3) is 0 Å². The van der Waals surface area contributed by atoms with Gasteiger partial charge in [-0.2, -0.15) is 0 Å². The van der Waals surface area contributed by atoms with Gasteiger partial charge in [0.05, 0.1) is 0 Å². The van der Waals surface area contributed by atoms with E-state index in [0.717, 1.165) is 25.0 Å². The molecule has 0 amide bonds. The number of likely N-dealkylation sites (tertiary alicyclic amines) is 1. The molecular weight excluding hydrogens is 186 g/mol. The maximum atomic E-state index is 5.61. The largest absolute Gasteiger partial charge is 0.329 e. The fourth-order valence-electron chi connectivity index (χ4n) is 2.76. The van der Waals surface area contributed by atoms with Crippen LogP contribution >= 0.6 is 0 Å². The van der Waals surface area contributed by atoms with Crippen molar-refractivity contribution in [3.8, 4) is 0 Å². The molecule has 0 aromatic rings. The number of nitrogens with two attached hydrogens (primary N) is 1. The van der Waals surface area contributed by atoms with Crippen LogP contribution in [0.1, 0.15) is 25.7 Å². The predicted molar refractivity (Wildman–Crippen MR) is 63.9 cm³/mol. The normalized spacial score (nSPS) is 28.6. The molecule has 2 rings (SSSR count). The summed E-state index contributed by atoms with van der Waals surface area (Å²) >= 11 is 0. The molecule has 2 fully saturated rings. The highest BCUT2D eigenvalue weighted by Crippen LogP contribution is 2.27. The molecule has 0 bridgehead atoms. The molecule has 1 saturated heterocycles. The second-order valence-corrected chi connectivity index (χ2v) is 5.27. The molecule has 2 aliphatic rings. The molecule has 88 valence electrons. The third kappa shape index (κ3) is 3.44. The van der Waals surface area contributed by atoms with E-state index in [-0.39, 0.29) is 0 Å². The highest BCUT2D eigenvalue weighted by molar-refractivity contribution is 4.85. The van der Waals surface area contributed by atoms with E-state index in [9.17, 15) is 0 Å². The van der Waals surface area contributed by atoms with E-state index < -0.39 is 0 Å². The third-order valence-corrected chi connectivity index (χ3v) is 3.76. The molecule has 2 N–H and O–H groups in total. The number of nitrogens with zero attached hydrogens (tertiary/aromatic N) is 2. The summed E-state index contributed by atoms with van der Waals surface area (Å²) in [6.07, 6.45) is 5.63. The maximum absolute atomic E-state index is 5.61. The first kappa shape index (κ1) is 11.4. The van der Waals surface area contributed by atoms with E-state index in [4.69, 9.17) is 5.73 Å². The lowest BCUT2D eigenvalue weighted by molar-refractivity contribution is 0.144. The van der Waals surface area contributed by atoms with E-state index >= 15 is 0 Å². The Morgan fingerprint density at radius 3 is 2.80 bits per heavy atom. The molecule has 0 radical (unpaired) electrons. The van der Waals surface area contributed by atoms with Crippen LogP contribution in [-0.2, 0) is 0 Å². The Bertz CT molecular complexity index is 189. The third-order valence-electron chi connectivity index (χ3n) is 3.76. The summed E-state index contributed by atoms with van der Waals surface area (Å²) in [4.78, 5) is 5.10. The number of rotatable bonds is 5. The first-order chi connectivity index (χ1) is 7.29. The monoisotopic (exact) mass is 211 g/mol. The lowest BCUT2D eigenvalue weighted by Crippen LogP contribution is -2.42. The standard InChI is InChI=1S/C12H25N3/c1-14(12-4-5-12)9-11-3-2-7-15(10-11)8-6-13/h11-12H,2-10,13H2,1H3/t11-/m0/s1. The molecule has 0 spiro atoms. The SMILES string of the molecule is CN(C[C@@H]1CCCN(CCN)C1)C1CC1. The van der Waals surface area contributed by atoms with Crippen molar-refractivity contribution in [2.75, 3.05) is 39.8 Å². The topological polar surface area (TPSA) is 32.5 Å². The van der Waals surface area contributed by atoms with Gasteiger partial charge in [-0.25, -0.2) is 0 Å². The summed E-state index contributed by atoms with van der Waals surface area (Å²) in [6, 6.07) is 0.912. The van der Waals surface area contributed by atoms with Gasteiger partial charge in [0.15, 0.2) is 0 Å². The van der Waals surface area contributed by atoms with Crippen LogP contribution in [-0.4, -0.2) is 55.6 Å². The fraction of sp³-hybridized carbons (Fsp3) is 1.00. The summed E-state index contributed by atoms with van der Waals surface area (Å²) in [6.45, 7) is 5.73. The molecule has 3 heteroatoms. The Hall–Kier alpha value is -0.120. The zero-order valence-electron chi connectivity index (χ0n) is 9.99. The summed E-state index contributed by atoms with van der Waals surface area (Å²) in [7, 11) is 2.29. The highest BCUT2D eigenvalue weighted by atomic mass is 15.2. The highest BCUT2D eigenvalue weighted by Gasteiger charge is 2.29. The lowest BCUT2D eigenvalue weighted by Gasteiger charge is -2.34. The minimum atomic E-state index is 0.811. The van der Waals surface area contributed by atoms with Crippen molar-refractivity contribution in [3.05, 3.63) is 0 Å². The van der Waals surface area contributed by atoms with Crippen molar-refractivity contribution in [1.29, 1.82) is 0 Å². The number of piperidine rings is 1. The van der Waals surface area contributed by atoms with Crippen LogP contribution in [0.2, 0.25) is 0 Å². The van der Waals surface area contributed by atoms with E-state index in [1.807, 2.05) is 0 Å². The summed E-state index contributed by atoms with van der Waals surface area (Å²) < 4.78 is 0. The van der Waals surface area contributed by atoms with Crippen LogP contribution in [0.4, 0.5) is 0 Å². The first-order valence-electron chi connectivity index (χ1n) is 6.42. The minimum absolute atomic E-state index is 0.811. The second kappa shape index (κ2) is 5.28. The van der Waals surface area contributed by atoms with Crippen molar-refractivity contribution in [2.45, 2.75) is 31.7 Å². The minimum Gasteiger partial charge on any atom is -0.329 e. The predicted octanol–water partition coefficient (Wildman–Crippen LogP) is 0.751. The van der Waals surface area contributed by atoms with E-state index in [1.165, 1.54) is 45.3 Å². The van der Waals surface area contributed by atoms with Gasteiger partial charge in [0.1, 0.15) is 0 Å². The Labute approximate surface area is 93.6 Å². The van der Waals surface area contributed by atoms with Crippen molar-refractivity contribution in [1.82, 2.24) is 9.80 Å². The van der Waals surface area contributed by atoms with E-state index in [1.54, 1.807) is 0 Å². The van der Waals surface area contributed by atoms with Crippen molar-refractivity contribution in [3.63, 3.8) is 0 Å². The second-order valence-electron chi connectivity index (χ2n) is 5.27. The van der Waals surface area contributed by atoms with Gasteiger partial charge in [0, 0.05) is 32.2 Å². The summed E-state index contributed by atoms with van der Waals surface area (Å²) in [5, 5.41) is 0. The molecule has 1 saturated carbocycles. The van der Waals surface area contributed by atoms with Gasteiger partial charge in [-0.05, 0) is 45.2 Å². The first-order valence-corrected chi connectivity index (χ1v) is 6.42. The Morgan fingerprint density at radius 2 is 2.13 bits per heavy atom. The molecular formula is C12H25N3. The molecule has 1 aliphatic heterocycles. The molecule has 0 aromatic carbocycles. The average Bonchev–Trinajstić information content (AvgIpc) is 3.01. The van der Waals surface area contributed by atoms with E-state index in [2.05, 4.69) is 16.8 Å². The van der Waals surface area contributed by atoms with Gasteiger partial charge in [-0.3, -0.25) is 0 Å². The van der Waals surface area contributed by atoms with Gasteiger partial charge in [0.2, 0.25) is 0 Å². The van der Waals surface area contributed by atoms with Gasteiger partial charge in [-0.1, -0.05) is 0 Å². The zero-order chi connectivity index (χ0) is 10.7. The van der Waals surface area contributed by atoms with Gasteiger partial charge < -0.3 is 15.5 Å². The van der Waals surface area contributed by atoms with Crippen LogP contribution in [0, 0.1) is 5.92 Å². The van der Waals surface area contributed by atoms with Crippen LogP contribution in [0.15, 0.2) is 0 Å². The summed E-state index contributed by atoms with van der Waals surface area (Å²) in [5.41, 5.74) is 5.61. The molecule has 1 atom stereocenters. The quantitative estimate of drug-likeness (QED) is 0.728. The van der Waals surface area contributed by atoms with Crippen molar-refractivity contribution >= 4 is 0 Å². The molecule has 1 aliphatic carbocycles. The molecule has 15 heavy (non-hydrogen) atoms. The Balaban J connectivity index is 1.71. The van der Waals surface area contributed by atoms with Crippen molar-refractivity contribution < 1.29 is 0 Å². The van der Waals surface area contributed by atoms with Crippen LogP contribution in [0.25, 0.3) is 0 Å². The molecule has 1 heterocycles. The number of hydrogen-bond donors (Lipinski definition) is 1. The maximum Gasteiger partial charge on any atom is 0.0105 e. The Kier molecular flexibility index (Phi) is 4.00. The van der Waals surface area contributed by atoms with Gasteiger partial charge in [-0.15, -0.1) is 0 Å². The van der Waals surface area contributed by atoms with Crippen LogP contribution in [0.3, 0.4) is 0 Å². The number of hydrogen-bond acceptors (Lipinski definition) is 3. The van der Waals surface area contributed by atoms with Crippen LogP contribution in [0.5, 0.6) is 0 Å². The van der Waals surface area contributed by atoms with E-state index in [0.29, 0.717) is 0 Å². The van der Waals surface area contributed by atoms with Crippen molar-refractivity contribution in [2.24, 2.45) is 11.7 Å². The molecule has 0 unspecified atom stereocenters. The van der Waals surface area contributed by atoms with Gasteiger partial charge >= 0.3 is 0 Å². The van der Waals surface area contributed by atoms with Crippen LogP contribution < -0.4 is 5.73 Å². The Morgan fingerprint density at radius 1 is 1.33 bits per heavy atom. The average molecular weight is 211 g/mol. The fourth-order valence-corrected chi connectivity index (χ4v) is 2.76.